The number of rotatable bonds is 5. The summed E-state index contributed by atoms with van der Waals surface area (Å²) in [5, 5.41) is 5.76. The molecular weight excluding hydrogens is 416 g/mol. The van der Waals surface area contributed by atoms with Crippen LogP contribution in [0.1, 0.15) is 35.1 Å². The number of halogens is 1. The van der Waals surface area contributed by atoms with Crippen molar-refractivity contribution in [2.24, 2.45) is 0 Å². The van der Waals surface area contributed by atoms with E-state index >= 15 is 0 Å². The molecule has 0 saturated heterocycles. The normalized spacial score (nSPS) is 11.3. The Hall–Kier alpha value is -2.40. The second-order valence-corrected chi connectivity index (χ2v) is 9.82. The number of nitrogens with one attached hydrogen (secondary N) is 1. The Kier molecular flexibility index (Phi) is 5.75. The Morgan fingerprint density at radius 1 is 1.21 bits per heavy atom. The Balaban J connectivity index is 1.76. The van der Waals surface area contributed by atoms with Crippen LogP contribution in [0.4, 0.5) is 5.69 Å². The highest BCUT2D eigenvalue weighted by Gasteiger charge is 2.15. The Morgan fingerprint density at radius 3 is 2.50 bits per heavy atom. The van der Waals surface area contributed by atoms with Gasteiger partial charge in [0, 0.05) is 17.6 Å². The third-order valence-electron chi connectivity index (χ3n) is 3.90. The van der Waals surface area contributed by atoms with Crippen LogP contribution < -0.4 is 5.32 Å². The number of hydrogen-bond donors (Lipinski definition) is 1. The number of benzene rings is 1. The zero-order chi connectivity index (χ0) is 20.5. The van der Waals surface area contributed by atoms with Crippen LogP contribution >= 0.6 is 22.9 Å². The number of aromatic nitrogens is 1. The van der Waals surface area contributed by atoms with Crippen molar-refractivity contribution in [1.82, 2.24) is 4.98 Å². The van der Waals surface area contributed by atoms with Crippen molar-refractivity contribution < 1.29 is 13.2 Å². The molecular formula is C20H17ClN2O3S2. The topological polar surface area (TPSA) is 76.1 Å². The predicted molar refractivity (Wildman–Crippen MR) is 112 cm³/mol. The molecule has 0 bridgehead atoms. The Labute approximate surface area is 173 Å². The Bertz CT molecular complexity index is 1120. The molecule has 1 aromatic heterocycles. The molecule has 2 aromatic carbocycles. The van der Waals surface area contributed by atoms with E-state index in [2.05, 4.69) is 36.3 Å². The van der Waals surface area contributed by atoms with Crippen molar-refractivity contribution in [3.8, 4) is 11.3 Å². The first kappa shape index (κ1) is 20.3. The van der Waals surface area contributed by atoms with E-state index in [4.69, 9.17) is 11.6 Å². The molecule has 28 heavy (non-hydrogen) atoms. The summed E-state index contributed by atoms with van der Waals surface area (Å²) in [6.07, 6.45) is 1.08. The lowest BCUT2D eigenvalue weighted by molar-refractivity contribution is 0.102. The molecule has 0 aliphatic rings. The third-order valence-corrected chi connectivity index (χ3v) is 6.47. The fourth-order valence-electron chi connectivity index (χ4n) is 2.38. The predicted octanol–water partition coefficient (Wildman–Crippen LogP) is 4.84. The number of thiazole rings is 1. The lowest BCUT2D eigenvalue weighted by atomic mass is 10.2. The van der Waals surface area contributed by atoms with E-state index in [0.717, 1.165) is 22.5 Å². The zero-order valence-corrected chi connectivity index (χ0v) is 17.8. The minimum atomic E-state index is -3.39. The highest BCUT2D eigenvalue weighted by atomic mass is 35.5. The number of sulfone groups is 1. The van der Waals surface area contributed by atoms with Crippen molar-refractivity contribution in [2.75, 3.05) is 11.6 Å². The molecule has 0 aliphatic carbocycles. The van der Waals surface area contributed by atoms with Crippen LogP contribution in [0.15, 0.2) is 40.6 Å². The van der Waals surface area contributed by atoms with Crippen LogP contribution in [0.25, 0.3) is 11.3 Å². The van der Waals surface area contributed by atoms with Gasteiger partial charge in [-0.25, -0.2) is 13.4 Å². The molecule has 1 heterocycles. The van der Waals surface area contributed by atoms with Gasteiger partial charge in [-0.2, -0.15) is 0 Å². The van der Waals surface area contributed by atoms with Gasteiger partial charge in [0.05, 0.1) is 37.4 Å². The van der Waals surface area contributed by atoms with E-state index in [1.54, 1.807) is 23.5 Å². The minimum absolute atomic E-state index is 0.0577. The van der Waals surface area contributed by atoms with Crippen molar-refractivity contribution in [3.63, 3.8) is 0 Å². The van der Waals surface area contributed by atoms with Crippen molar-refractivity contribution in [2.45, 2.75) is 24.7 Å². The summed E-state index contributed by atoms with van der Waals surface area (Å²) in [5.74, 6) is -0.0988. The van der Waals surface area contributed by atoms with Crippen LogP contribution in [-0.4, -0.2) is 25.6 Å². The average molecular weight is 433 g/mol. The molecule has 5 nitrogen and oxygen atoms in total. The lowest BCUT2D eigenvalue weighted by Crippen LogP contribution is -2.12. The maximum absolute atomic E-state index is 12.4. The summed E-state index contributed by atoms with van der Waals surface area (Å²) in [4.78, 5) is 17.1. The summed E-state index contributed by atoms with van der Waals surface area (Å²) >= 11 is 7.68. The van der Waals surface area contributed by atoms with Gasteiger partial charge in [0.2, 0.25) is 0 Å². The Morgan fingerprint density at radius 2 is 1.96 bits per heavy atom. The molecule has 0 radical (unpaired) electrons. The van der Waals surface area contributed by atoms with Crippen LogP contribution in [0.5, 0.6) is 0 Å². The number of anilines is 1. The number of carbonyl (C=O) groups is 1. The van der Waals surface area contributed by atoms with E-state index < -0.39 is 15.7 Å². The third kappa shape index (κ3) is 4.53. The molecule has 3 rings (SSSR count). The van der Waals surface area contributed by atoms with E-state index in [-0.39, 0.29) is 15.5 Å². The number of carbonyl (C=O) groups excluding carboxylic acids is 1. The number of nitrogens with zero attached hydrogens (tertiary/aromatic N) is 1. The average Bonchev–Trinajstić information content (AvgIpc) is 3.12. The van der Waals surface area contributed by atoms with Gasteiger partial charge in [0.15, 0.2) is 9.84 Å². The van der Waals surface area contributed by atoms with Gasteiger partial charge < -0.3 is 5.32 Å². The first-order chi connectivity index (χ1) is 13.1. The second kappa shape index (κ2) is 7.92. The van der Waals surface area contributed by atoms with Gasteiger partial charge in [0.1, 0.15) is 0 Å². The van der Waals surface area contributed by atoms with E-state index in [9.17, 15) is 13.2 Å². The fourth-order valence-corrected chi connectivity index (χ4v) is 4.20. The summed E-state index contributed by atoms with van der Waals surface area (Å²) in [6, 6.07) is 13.4. The second-order valence-electron chi connectivity index (χ2n) is 6.50. The minimum Gasteiger partial charge on any atom is -0.315 e. The highest BCUT2D eigenvalue weighted by Crippen LogP contribution is 2.26. The maximum Gasteiger partial charge on any atom is 0.257 e. The molecule has 3 aromatic rings. The monoisotopic (exact) mass is 432 g/mol. The van der Waals surface area contributed by atoms with Gasteiger partial charge in [-0.05, 0) is 36.4 Å². The quantitative estimate of drug-likeness (QED) is 0.625. The summed E-state index contributed by atoms with van der Waals surface area (Å²) in [7, 11) is -3.39. The van der Waals surface area contributed by atoms with Gasteiger partial charge in [-0.15, -0.1) is 11.3 Å². The van der Waals surface area contributed by atoms with Crippen molar-refractivity contribution in [3.05, 3.63) is 63.4 Å². The SMILES string of the molecule is CC(C)c1nc(-c2c#cc(NC(=O)c3ccc(S(C)(=O)=O)cc3Cl)cc2)cs1. The molecule has 0 saturated carbocycles. The van der Waals surface area contributed by atoms with E-state index in [1.807, 2.05) is 5.38 Å². The molecule has 0 spiro atoms. The number of amides is 1. The maximum atomic E-state index is 12.4. The van der Waals surface area contributed by atoms with Crippen LogP contribution in [0.2, 0.25) is 5.02 Å². The van der Waals surface area contributed by atoms with Gasteiger partial charge >= 0.3 is 0 Å². The van der Waals surface area contributed by atoms with Crippen molar-refractivity contribution in [1.29, 1.82) is 0 Å². The summed E-state index contributed by atoms with van der Waals surface area (Å²) in [6.45, 7) is 4.18. The zero-order valence-electron chi connectivity index (χ0n) is 15.4. The molecule has 1 amide bonds. The molecule has 1 N–H and O–H groups in total. The first-order valence-electron chi connectivity index (χ1n) is 8.36. The van der Waals surface area contributed by atoms with E-state index in [1.165, 1.54) is 18.2 Å². The first-order valence-corrected chi connectivity index (χ1v) is 11.5. The fraction of sp³-hybridized carbons (Fsp3) is 0.200. The smallest absolute Gasteiger partial charge is 0.257 e. The van der Waals surface area contributed by atoms with Gasteiger partial charge in [-0.3, -0.25) is 4.79 Å². The van der Waals surface area contributed by atoms with Gasteiger partial charge in [-0.1, -0.05) is 31.5 Å². The summed E-state index contributed by atoms with van der Waals surface area (Å²) < 4.78 is 23.1. The molecule has 144 valence electrons. The summed E-state index contributed by atoms with van der Waals surface area (Å²) in [5.41, 5.74) is 2.21. The van der Waals surface area contributed by atoms with Gasteiger partial charge in [0.25, 0.3) is 5.91 Å². The molecule has 8 heteroatoms. The van der Waals surface area contributed by atoms with Crippen molar-refractivity contribution >= 4 is 44.4 Å². The van der Waals surface area contributed by atoms with Crippen LogP contribution in [0, 0.1) is 12.1 Å². The number of hydrogen-bond acceptors (Lipinski definition) is 5. The van der Waals surface area contributed by atoms with Crippen LogP contribution in [-0.2, 0) is 9.84 Å². The molecule has 0 aliphatic heterocycles. The molecule has 0 atom stereocenters. The van der Waals surface area contributed by atoms with Crippen LogP contribution in [0.3, 0.4) is 0 Å². The highest BCUT2D eigenvalue weighted by molar-refractivity contribution is 7.90. The molecule has 0 fully saturated rings. The van der Waals surface area contributed by atoms with E-state index in [0.29, 0.717) is 11.6 Å². The largest absolute Gasteiger partial charge is 0.315 e. The standard InChI is InChI=1S/C20H17ClN2O3S2/c1-12(2)20-23-18(11-27-20)13-4-6-14(7-5-13)22-19(24)16-9-8-15(10-17(16)21)28(3,25)26/h4,6,8-12H,1-3H3,(H,22,24). The molecule has 0 unspecified atom stereocenters. The lowest BCUT2D eigenvalue weighted by Gasteiger charge is -2.07.